The lowest BCUT2D eigenvalue weighted by atomic mass is 9.90. The molecular formula is C20H18N4O4. The topological polar surface area (TPSA) is 87.0 Å². The number of nitrogens with zero attached hydrogens (tertiary/aromatic N) is 4. The Morgan fingerprint density at radius 3 is 2.32 bits per heavy atom. The van der Waals surface area contributed by atoms with Crippen LogP contribution in [0.15, 0.2) is 54.6 Å². The van der Waals surface area contributed by atoms with E-state index in [0.29, 0.717) is 0 Å². The van der Waals surface area contributed by atoms with Crippen LogP contribution in [0.5, 0.6) is 0 Å². The van der Waals surface area contributed by atoms with Gasteiger partial charge in [0.2, 0.25) is 5.91 Å². The van der Waals surface area contributed by atoms with E-state index in [2.05, 4.69) is 5.01 Å². The number of non-ortho nitro benzene ring substituents is 1. The van der Waals surface area contributed by atoms with Crippen LogP contribution in [0.25, 0.3) is 0 Å². The number of nitro benzene ring substituents is 1. The average molecular weight is 378 g/mol. The molecule has 8 nitrogen and oxygen atoms in total. The van der Waals surface area contributed by atoms with Crippen molar-refractivity contribution < 1.29 is 14.5 Å². The second kappa shape index (κ2) is 6.22. The Labute approximate surface area is 161 Å². The van der Waals surface area contributed by atoms with Gasteiger partial charge in [-0.1, -0.05) is 36.4 Å². The van der Waals surface area contributed by atoms with Gasteiger partial charge in [0.25, 0.3) is 11.6 Å². The summed E-state index contributed by atoms with van der Waals surface area (Å²) in [6.07, 6.45) is 0.935. The minimum atomic E-state index is -0.556. The molecule has 2 amide bonds. The highest BCUT2D eigenvalue weighted by molar-refractivity contribution is 6.24. The van der Waals surface area contributed by atoms with Crippen molar-refractivity contribution in [1.29, 1.82) is 0 Å². The molecule has 2 aromatic carbocycles. The highest BCUT2D eigenvalue weighted by Gasteiger charge is 2.62. The number of hydrazine groups is 1. The molecule has 28 heavy (non-hydrogen) atoms. The molecule has 3 aliphatic heterocycles. The quantitative estimate of drug-likeness (QED) is 0.462. The summed E-state index contributed by atoms with van der Waals surface area (Å²) in [7, 11) is 0. The van der Waals surface area contributed by atoms with Gasteiger partial charge in [0.1, 0.15) is 6.04 Å². The maximum absolute atomic E-state index is 13.4. The first-order valence-electron chi connectivity index (χ1n) is 9.28. The molecule has 0 aromatic heterocycles. The maximum Gasteiger partial charge on any atom is 0.271 e. The van der Waals surface area contributed by atoms with Gasteiger partial charge in [-0.05, 0) is 18.1 Å². The zero-order chi connectivity index (χ0) is 19.4. The third-order valence-corrected chi connectivity index (χ3v) is 5.85. The third kappa shape index (κ3) is 2.31. The number of amides is 2. The molecule has 3 aliphatic rings. The number of fused-ring (bicyclic) bond motifs is 3. The number of nitro groups is 1. The molecule has 0 unspecified atom stereocenters. The van der Waals surface area contributed by atoms with Gasteiger partial charge in [-0.3, -0.25) is 19.7 Å². The van der Waals surface area contributed by atoms with Gasteiger partial charge in [-0.25, -0.2) is 14.9 Å². The Hall–Kier alpha value is -3.10. The highest BCUT2D eigenvalue weighted by atomic mass is 16.6. The van der Waals surface area contributed by atoms with Crippen LogP contribution in [-0.4, -0.2) is 45.9 Å². The minimum Gasteiger partial charge on any atom is -0.274 e. The molecule has 0 spiro atoms. The molecule has 8 heteroatoms. The standard InChI is InChI=1S/C20H18N4O4/c25-19-16-17(13-6-2-1-3-7-13)21-10-5-11-22(21)18(16)20(26)23(19)14-8-4-9-15(12-14)24(27)28/h1-4,6-9,12,16-18H,5,10-11H2/t16-,17-,18+/m1/s1. The van der Waals surface area contributed by atoms with E-state index in [1.165, 1.54) is 18.2 Å². The Balaban J connectivity index is 1.58. The fourth-order valence-corrected chi connectivity index (χ4v) is 4.76. The third-order valence-electron chi connectivity index (χ3n) is 5.85. The SMILES string of the molecule is O=C1[C@H]2[C@@H](C(=O)N1c1cccc([N+](=O)[O-])c1)N1CCCN1[C@@H]2c1ccccc1. The number of carbonyl (C=O) groups excluding carboxylic acids is 2. The summed E-state index contributed by atoms with van der Waals surface area (Å²) in [5.74, 6) is -1.12. The molecule has 0 radical (unpaired) electrons. The molecule has 5 rings (SSSR count). The van der Waals surface area contributed by atoms with Gasteiger partial charge < -0.3 is 0 Å². The molecule has 3 saturated heterocycles. The monoisotopic (exact) mass is 378 g/mol. The predicted molar refractivity (Wildman–Crippen MR) is 100 cm³/mol. The average Bonchev–Trinajstić information content (AvgIpc) is 3.34. The number of hydrogen-bond acceptors (Lipinski definition) is 6. The van der Waals surface area contributed by atoms with E-state index in [9.17, 15) is 19.7 Å². The van der Waals surface area contributed by atoms with E-state index >= 15 is 0 Å². The number of anilines is 1. The zero-order valence-electron chi connectivity index (χ0n) is 15.0. The lowest BCUT2D eigenvalue weighted by molar-refractivity contribution is -0.384. The zero-order valence-corrected chi connectivity index (χ0v) is 15.0. The molecular weight excluding hydrogens is 360 g/mol. The number of hydrogen-bond donors (Lipinski definition) is 0. The summed E-state index contributed by atoms with van der Waals surface area (Å²) in [6, 6.07) is 14.7. The van der Waals surface area contributed by atoms with Crippen LogP contribution in [0.4, 0.5) is 11.4 Å². The summed E-state index contributed by atoms with van der Waals surface area (Å²) >= 11 is 0. The van der Waals surface area contributed by atoms with Gasteiger partial charge in [0, 0.05) is 25.2 Å². The predicted octanol–water partition coefficient (Wildman–Crippen LogP) is 2.13. The van der Waals surface area contributed by atoms with Crippen molar-refractivity contribution in [2.75, 3.05) is 18.0 Å². The second-order valence-corrected chi connectivity index (χ2v) is 7.29. The molecule has 3 fully saturated rings. The summed E-state index contributed by atoms with van der Waals surface area (Å²) in [5, 5.41) is 15.3. The summed E-state index contributed by atoms with van der Waals surface area (Å²) in [6.45, 7) is 1.54. The van der Waals surface area contributed by atoms with Gasteiger partial charge in [0.15, 0.2) is 0 Å². The number of imide groups is 1. The Bertz CT molecular complexity index is 979. The van der Waals surface area contributed by atoms with Crippen LogP contribution in [0.2, 0.25) is 0 Å². The first kappa shape index (κ1) is 17.0. The van der Waals surface area contributed by atoms with Crippen LogP contribution in [-0.2, 0) is 9.59 Å². The maximum atomic E-state index is 13.4. The number of benzene rings is 2. The molecule has 0 saturated carbocycles. The van der Waals surface area contributed by atoms with Crippen molar-refractivity contribution in [3.63, 3.8) is 0 Å². The van der Waals surface area contributed by atoms with Crippen molar-refractivity contribution in [2.24, 2.45) is 5.92 Å². The Morgan fingerprint density at radius 1 is 0.893 bits per heavy atom. The minimum absolute atomic E-state index is 0.141. The molecule has 0 N–H and O–H groups in total. The largest absolute Gasteiger partial charge is 0.274 e. The van der Waals surface area contributed by atoms with Gasteiger partial charge in [-0.15, -0.1) is 0 Å². The van der Waals surface area contributed by atoms with Crippen LogP contribution in [0.1, 0.15) is 18.0 Å². The fourth-order valence-electron chi connectivity index (χ4n) is 4.76. The number of carbonyl (C=O) groups is 2. The lowest BCUT2D eigenvalue weighted by Gasteiger charge is -2.29. The van der Waals surface area contributed by atoms with Crippen molar-refractivity contribution in [2.45, 2.75) is 18.5 Å². The van der Waals surface area contributed by atoms with Crippen LogP contribution in [0, 0.1) is 16.0 Å². The van der Waals surface area contributed by atoms with E-state index in [0.717, 1.165) is 30.0 Å². The first-order chi connectivity index (χ1) is 13.6. The molecule has 142 valence electrons. The van der Waals surface area contributed by atoms with E-state index in [1.807, 2.05) is 35.3 Å². The number of rotatable bonds is 3. The summed E-state index contributed by atoms with van der Waals surface area (Å²) < 4.78 is 0. The van der Waals surface area contributed by atoms with E-state index in [4.69, 9.17) is 0 Å². The Kier molecular flexibility index (Phi) is 3.78. The fraction of sp³-hybridized carbons (Fsp3) is 0.300. The molecule has 0 bridgehead atoms. The highest BCUT2D eigenvalue weighted by Crippen LogP contribution is 2.48. The van der Waals surface area contributed by atoms with Crippen molar-refractivity contribution in [3.05, 3.63) is 70.3 Å². The van der Waals surface area contributed by atoms with Gasteiger partial charge >= 0.3 is 0 Å². The normalized spacial score (nSPS) is 27.3. The smallest absolute Gasteiger partial charge is 0.271 e. The van der Waals surface area contributed by atoms with E-state index in [1.54, 1.807) is 6.07 Å². The molecule has 3 atom stereocenters. The summed E-state index contributed by atoms with van der Waals surface area (Å²) in [5.41, 5.74) is 1.12. The molecule has 2 aromatic rings. The van der Waals surface area contributed by atoms with Crippen LogP contribution >= 0.6 is 0 Å². The Morgan fingerprint density at radius 2 is 1.61 bits per heavy atom. The van der Waals surface area contributed by atoms with Gasteiger partial charge in [0.05, 0.1) is 22.6 Å². The summed E-state index contributed by atoms with van der Waals surface area (Å²) in [4.78, 5) is 38.4. The van der Waals surface area contributed by atoms with Crippen LogP contribution < -0.4 is 4.90 Å². The first-order valence-corrected chi connectivity index (χ1v) is 9.28. The van der Waals surface area contributed by atoms with Crippen LogP contribution in [0.3, 0.4) is 0 Å². The van der Waals surface area contributed by atoms with Crippen molar-refractivity contribution >= 4 is 23.2 Å². The van der Waals surface area contributed by atoms with E-state index in [-0.39, 0.29) is 29.2 Å². The second-order valence-electron chi connectivity index (χ2n) is 7.29. The van der Waals surface area contributed by atoms with E-state index < -0.39 is 16.9 Å². The molecule has 3 heterocycles. The lowest BCUT2D eigenvalue weighted by Crippen LogP contribution is -2.44. The molecule has 0 aliphatic carbocycles. The van der Waals surface area contributed by atoms with Crippen molar-refractivity contribution in [1.82, 2.24) is 10.0 Å². The van der Waals surface area contributed by atoms with Gasteiger partial charge in [-0.2, -0.15) is 0 Å². The van der Waals surface area contributed by atoms with Crippen molar-refractivity contribution in [3.8, 4) is 0 Å².